The number of aryl methyl sites for hydroxylation is 1. The zero-order valence-corrected chi connectivity index (χ0v) is 19.0. The third kappa shape index (κ3) is 4.83. The van der Waals surface area contributed by atoms with Gasteiger partial charge in [0.15, 0.2) is 0 Å². The molecule has 3 nitrogen and oxygen atoms in total. The average molecular weight is 428 g/mol. The van der Waals surface area contributed by atoms with E-state index in [1.54, 1.807) is 0 Å². The normalized spacial score (nSPS) is 21.9. The summed E-state index contributed by atoms with van der Waals surface area (Å²) in [5.74, 6) is 1.93. The van der Waals surface area contributed by atoms with Gasteiger partial charge in [0.2, 0.25) is 0 Å². The number of piperidine rings is 1. The highest BCUT2D eigenvalue weighted by Crippen LogP contribution is 2.38. The van der Waals surface area contributed by atoms with Crippen LogP contribution >= 0.6 is 0 Å². The molecule has 0 radical (unpaired) electrons. The van der Waals surface area contributed by atoms with Gasteiger partial charge < -0.3 is 14.4 Å². The minimum Gasteiger partial charge on any atom is -0.486 e. The lowest BCUT2D eigenvalue weighted by Crippen LogP contribution is -2.37. The van der Waals surface area contributed by atoms with Crippen LogP contribution in [0.4, 0.5) is 0 Å². The van der Waals surface area contributed by atoms with Crippen molar-refractivity contribution in [2.45, 2.75) is 56.8 Å². The largest absolute Gasteiger partial charge is 0.486 e. The summed E-state index contributed by atoms with van der Waals surface area (Å²) in [7, 11) is 2.26. The van der Waals surface area contributed by atoms with Gasteiger partial charge in [0.05, 0.1) is 0 Å². The Morgan fingerprint density at radius 2 is 1.72 bits per heavy atom. The minimum atomic E-state index is 0.0568. The van der Waals surface area contributed by atoms with E-state index in [1.807, 2.05) is 0 Å². The Hall–Kier alpha value is -2.78. The second kappa shape index (κ2) is 9.79. The maximum absolute atomic E-state index is 6.65. The molecule has 1 saturated heterocycles. The number of hydrogen-bond acceptors (Lipinski definition) is 3. The topological polar surface area (TPSA) is 21.7 Å². The molecule has 2 heterocycles. The van der Waals surface area contributed by atoms with Crippen LogP contribution in [0.15, 0.2) is 78.9 Å². The van der Waals surface area contributed by atoms with E-state index in [2.05, 4.69) is 90.8 Å². The molecule has 3 aromatic carbocycles. The van der Waals surface area contributed by atoms with Gasteiger partial charge in [0, 0.05) is 12.5 Å². The highest BCUT2D eigenvalue weighted by Gasteiger charge is 2.26. The molecule has 0 aromatic heterocycles. The van der Waals surface area contributed by atoms with E-state index >= 15 is 0 Å². The molecular weight excluding hydrogens is 394 g/mol. The standard InChI is InChI=1S/C29H33NO2/c1-30-19-9-8-14-25(30)21-29(23-12-6-3-7-13-23)31-26-16-18-28-24(20-26)15-17-27(32-28)22-10-4-2-5-11-22/h2-7,10-13,16,18,20,25,27,29H,8-9,14-15,17,19,21H2,1H3. The molecule has 2 aliphatic rings. The molecule has 0 N–H and O–H groups in total. The van der Waals surface area contributed by atoms with Gasteiger partial charge in [0.1, 0.15) is 23.7 Å². The third-order valence-corrected chi connectivity index (χ3v) is 7.01. The molecule has 3 heteroatoms. The molecule has 32 heavy (non-hydrogen) atoms. The first kappa shape index (κ1) is 21.1. The molecule has 166 valence electrons. The van der Waals surface area contributed by atoms with Crippen LogP contribution in [0.2, 0.25) is 0 Å². The summed E-state index contributed by atoms with van der Waals surface area (Å²) in [4.78, 5) is 2.51. The van der Waals surface area contributed by atoms with Gasteiger partial charge in [-0.15, -0.1) is 0 Å². The predicted octanol–water partition coefficient (Wildman–Crippen LogP) is 6.75. The second-order valence-corrected chi connectivity index (χ2v) is 9.21. The first-order valence-electron chi connectivity index (χ1n) is 12.0. The smallest absolute Gasteiger partial charge is 0.125 e. The molecule has 3 atom stereocenters. The van der Waals surface area contributed by atoms with Crippen LogP contribution in [0.5, 0.6) is 11.5 Å². The van der Waals surface area contributed by atoms with Crippen LogP contribution < -0.4 is 9.47 Å². The summed E-state index contributed by atoms with van der Waals surface area (Å²) in [6.45, 7) is 1.19. The minimum absolute atomic E-state index is 0.0568. The van der Waals surface area contributed by atoms with E-state index in [0.29, 0.717) is 6.04 Å². The van der Waals surface area contributed by atoms with Crippen LogP contribution in [0.1, 0.15) is 61.0 Å². The molecular formula is C29H33NO2. The Kier molecular flexibility index (Phi) is 6.45. The van der Waals surface area contributed by atoms with E-state index in [-0.39, 0.29) is 12.2 Å². The lowest BCUT2D eigenvalue weighted by Gasteiger charge is -2.35. The fraction of sp³-hybridized carbons (Fsp3) is 0.379. The van der Waals surface area contributed by atoms with Gasteiger partial charge in [-0.1, -0.05) is 67.1 Å². The number of rotatable bonds is 6. The van der Waals surface area contributed by atoms with Gasteiger partial charge in [-0.2, -0.15) is 0 Å². The Morgan fingerprint density at radius 1 is 0.938 bits per heavy atom. The summed E-state index contributed by atoms with van der Waals surface area (Å²) in [6.07, 6.45) is 7.08. The molecule has 0 bridgehead atoms. The van der Waals surface area contributed by atoms with Gasteiger partial charge in [0.25, 0.3) is 0 Å². The number of hydrogen-bond donors (Lipinski definition) is 0. The highest BCUT2D eigenvalue weighted by molar-refractivity contribution is 5.42. The summed E-state index contributed by atoms with van der Waals surface area (Å²) < 4.78 is 13.0. The van der Waals surface area contributed by atoms with Crippen molar-refractivity contribution in [3.63, 3.8) is 0 Å². The van der Waals surface area contributed by atoms with Crippen molar-refractivity contribution in [2.75, 3.05) is 13.6 Å². The predicted molar refractivity (Wildman–Crippen MR) is 129 cm³/mol. The van der Waals surface area contributed by atoms with Crippen LogP contribution in [0, 0.1) is 0 Å². The van der Waals surface area contributed by atoms with E-state index in [0.717, 1.165) is 30.8 Å². The van der Waals surface area contributed by atoms with Crippen LogP contribution in [-0.2, 0) is 6.42 Å². The van der Waals surface area contributed by atoms with Crippen molar-refractivity contribution in [3.05, 3.63) is 95.6 Å². The summed E-state index contributed by atoms with van der Waals surface area (Å²) in [5.41, 5.74) is 3.75. The molecule has 5 rings (SSSR count). The maximum atomic E-state index is 6.65. The zero-order chi connectivity index (χ0) is 21.8. The molecule has 2 aliphatic heterocycles. The van der Waals surface area contributed by atoms with Crippen molar-refractivity contribution in [2.24, 2.45) is 0 Å². The van der Waals surface area contributed by atoms with Crippen molar-refractivity contribution >= 4 is 0 Å². The molecule has 1 fully saturated rings. The average Bonchev–Trinajstić information content (AvgIpc) is 2.85. The molecule has 3 unspecified atom stereocenters. The highest BCUT2D eigenvalue weighted by atomic mass is 16.5. The number of ether oxygens (including phenoxy) is 2. The molecule has 3 aromatic rings. The van der Waals surface area contributed by atoms with Crippen molar-refractivity contribution in [3.8, 4) is 11.5 Å². The first-order chi connectivity index (χ1) is 15.8. The third-order valence-electron chi connectivity index (χ3n) is 7.01. The molecule has 0 saturated carbocycles. The van der Waals surface area contributed by atoms with Gasteiger partial charge in [-0.3, -0.25) is 0 Å². The fourth-order valence-corrected chi connectivity index (χ4v) is 5.11. The van der Waals surface area contributed by atoms with E-state index in [1.165, 1.54) is 42.5 Å². The number of fused-ring (bicyclic) bond motifs is 1. The quantitative estimate of drug-likeness (QED) is 0.434. The van der Waals surface area contributed by atoms with Crippen molar-refractivity contribution in [1.82, 2.24) is 4.90 Å². The van der Waals surface area contributed by atoms with Gasteiger partial charge in [-0.05, 0) is 74.2 Å². The lowest BCUT2D eigenvalue weighted by atomic mass is 9.94. The SMILES string of the molecule is CN1CCCCC1CC(Oc1ccc2c(c1)CCC(c1ccccc1)O2)c1ccccc1. The van der Waals surface area contributed by atoms with Crippen molar-refractivity contribution in [1.29, 1.82) is 0 Å². The van der Waals surface area contributed by atoms with Crippen LogP contribution in [0.3, 0.4) is 0 Å². The van der Waals surface area contributed by atoms with E-state index in [4.69, 9.17) is 9.47 Å². The van der Waals surface area contributed by atoms with Crippen LogP contribution in [-0.4, -0.2) is 24.5 Å². The monoisotopic (exact) mass is 427 g/mol. The molecule has 0 spiro atoms. The molecule has 0 amide bonds. The van der Waals surface area contributed by atoms with E-state index < -0.39 is 0 Å². The van der Waals surface area contributed by atoms with Gasteiger partial charge >= 0.3 is 0 Å². The van der Waals surface area contributed by atoms with E-state index in [9.17, 15) is 0 Å². The lowest BCUT2D eigenvalue weighted by molar-refractivity contribution is 0.108. The zero-order valence-electron chi connectivity index (χ0n) is 19.0. The Labute approximate surface area is 192 Å². The summed E-state index contributed by atoms with van der Waals surface area (Å²) in [5, 5.41) is 0. The number of nitrogens with zero attached hydrogens (tertiary/aromatic N) is 1. The maximum Gasteiger partial charge on any atom is 0.125 e. The van der Waals surface area contributed by atoms with Crippen LogP contribution in [0.25, 0.3) is 0 Å². The Bertz CT molecular complexity index is 1000. The first-order valence-corrected chi connectivity index (χ1v) is 12.0. The number of likely N-dealkylation sites (tertiary alicyclic amines) is 1. The fourth-order valence-electron chi connectivity index (χ4n) is 5.11. The Morgan fingerprint density at radius 3 is 2.50 bits per heavy atom. The summed E-state index contributed by atoms with van der Waals surface area (Å²) in [6, 6.07) is 28.1. The molecule has 0 aliphatic carbocycles. The van der Waals surface area contributed by atoms with Crippen molar-refractivity contribution < 1.29 is 9.47 Å². The summed E-state index contributed by atoms with van der Waals surface area (Å²) >= 11 is 0. The number of benzene rings is 3. The Balaban J connectivity index is 1.33. The van der Waals surface area contributed by atoms with Gasteiger partial charge in [-0.25, -0.2) is 0 Å². The second-order valence-electron chi connectivity index (χ2n) is 9.21.